The molecule has 27 heavy (non-hydrogen) atoms. The van der Waals surface area contributed by atoms with Crippen LogP contribution in [0, 0.1) is 5.92 Å². The first-order valence-corrected chi connectivity index (χ1v) is 10.2. The second-order valence-corrected chi connectivity index (χ2v) is 8.17. The number of aromatic nitrogens is 1. The number of nitrogens with zero attached hydrogens (tertiary/aromatic N) is 2. The number of hydrogen-bond donors (Lipinski definition) is 1. The Kier molecular flexibility index (Phi) is 4.30. The first kappa shape index (κ1) is 16.7. The zero-order chi connectivity index (χ0) is 18.2. The van der Waals surface area contributed by atoms with Gasteiger partial charge in [0.2, 0.25) is 0 Å². The van der Waals surface area contributed by atoms with E-state index >= 15 is 0 Å². The van der Waals surface area contributed by atoms with Gasteiger partial charge < -0.3 is 14.6 Å². The lowest BCUT2D eigenvalue weighted by Crippen LogP contribution is -2.57. The van der Waals surface area contributed by atoms with E-state index in [0.29, 0.717) is 17.4 Å². The van der Waals surface area contributed by atoms with Crippen molar-refractivity contribution in [2.45, 2.75) is 18.9 Å². The van der Waals surface area contributed by atoms with Gasteiger partial charge in [-0.2, -0.15) is 0 Å². The zero-order valence-electron chi connectivity index (χ0n) is 14.9. The maximum Gasteiger partial charge on any atom is 0.287 e. The van der Waals surface area contributed by atoms with E-state index in [4.69, 9.17) is 4.42 Å². The molecule has 1 aromatic carbocycles. The molecule has 1 amide bonds. The van der Waals surface area contributed by atoms with Gasteiger partial charge in [0.1, 0.15) is 5.76 Å². The Hall–Kier alpha value is -2.44. The highest BCUT2D eigenvalue weighted by Gasteiger charge is 2.35. The summed E-state index contributed by atoms with van der Waals surface area (Å²) < 4.78 is 10.0. The van der Waals surface area contributed by atoms with Crippen molar-refractivity contribution < 1.29 is 9.21 Å². The van der Waals surface area contributed by atoms with Gasteiger partial charge >= 0.3 is 0 Å². The van der Waals surface area contributed by atoms with Gasteiger partial charge in [-0.15, -0.1) is 0 Å². The Morgan fingerprint density at radius 2 is 2.00 bits per heavy atom. The lowest BCUT2D eigenvalue weighted by atomic mass is 9.84. The van der Waals surface area contributed by atoms with Crippen LogP contribution in [0.15, 0.2) is 53.1 Å². The Labute approximate surface area is 162 Å². The summed E-state index contributed by atoms with van der Waals surface area (Å²) in [5.74, 6) is 1.58. The monoisotopic (exact) mass is 379 g/mol. The van der Waals surface area contributed by atoms with Crippen LogP contribution in [-0.4, -0.2) is 40.9 Å². The first-order chi connectivity index (χ1) is 13.3. The molecular weight excluding hydrogens is 358 g/mol. The first-order valence-electron chi connectivity index (χ1n) is 9.41. The number of benzene rings is 1. The number of carbonyl (C=O) groups excluding carboxylic acids is 1. The molecule has 2 bridgehead atoms. The second kappa shape index (κ2) is 6.94. The molecule has 6 heteroatoms. The van der Waals surface area contributed by atoms with E-state index in [2.05, 4.69) is 26.7 Å². The van der Waals surface area contributed by atoms with Crippen LogP contribution in [0.25, 0.3) is 21.8 Å². The molecule has 5 heterocycles. The molecule has 0 aliphatic carbocycles. The van der Waals surface area contributed by atoms with Crippen LogP contribution in [0.5, 0.6) is 0 Å². The van der Waals surface area contributed by atoms with E-state index < -0.39 is 0 Å². The molecule has 0 unspecified atom stereocenters. The number of furan rings is 1. The van der Waals surface area contributed by atoms with Crippen molar-refractivity contribution in [2.24, 2.45) is 5.92 Å². The van der Waals surface area contributed by atoms with E-state index in [0.717, 1.165) is 35.6 Å². The van der Waals surface area contributed by atoms with E-state index in [1.165, 1.54) is 24.4 Å². The number of hydrogen-bond acceptors (Lipinski definition) is 5. The molecule has 0 spiro atoms. The Morgan fingerprint density at radius 1 is 1.15 bits per heavy atom. The number of fused-ring (bicyclic) bond motifs is 3. The fourth-order valence-electron chi connectivity index (χ4n) is 4.17. The summed E-state index contributed by atoms with van der Waals surface area (Å²) in [6.45, 7) is 3.29. The maximum absolute atomic E-state index is 12.7. The third-order valence-corrected chi connectivity index (χ3v) is 6.47. The van der Waals surface area contributed by atoms with Gasteiger partial charge in [0.05, 0.1) is 4.88 Å². The molecule has 3 aromatic rings. The van der Waals surface area contributed by atoms with Crippen LogP contribution in [0.1, 0.15) is 23.4 Å². The van der Waals surface area contributed by atoms with Crippen molar-refractivity contribution in [1.82, 2.24) is 14.6 Å². The molecule has 2 aromatic heterocycles. The fraction of sp³-hybridized carbons (Fsp3) is 0.333. The zero-order valence-corrected chi connectivity index (χ0v) is 15.7. The molecule has 3 saturated heterocycles. The summed E-state index contributed by atoms with van der Waals surface area (Å²) in [4.78, 5) is 16.2. The topological polar surface area (TPSA) is 58.4 Å². The van der Waals surface area contributed by atoms with Crippen LogP contribution in [0.2, 0.25) is 0 Å². The van der Waals surface area contributed by atoms with Crippen molar-refractivity contribution in [2.75, 3.05) is 19.6 Å². The average molecular weight is 379 g/mol. The van der Waals surface area contributed by atoms with Gasteiger partial charge in [-0.25, -0.2) is 4.37 Å². The minimum atomic E-state index is -0.112. The Morgan fingerprint density at radius 3 is 2.74 bits per heavy atom. The third kappa shape index (κ3) is 3.31. The van der Waals surface area contributed by atoms with Gasteiger partial charge in [-0.1, -0.05) is 18.2 Å². The Bertz CT molecular complexity index is 942. The summed E-state index contributed by atoms with van der Waals surface area (Å²) in [7, 11) is 0. The lowest BCUT2D eigenvalue weighted by molar-refractivity contribution is 0.0606. The second-order valence-electron chi connectivity index (χ2n) is 7.34. The predicted molar refractivity (Wildman–Crippen MR) is 106 cm³/mol. The summed E-state index contributed by atoms with van der Waals surface area (Å²) >= 11 is 1.47. The van der Waals surface area contributed by atoms with Gasteiger partial charge in [0, 0.05) is 24.3 Å². The van der Waals surface area contributed by atoms with Crippen LogP contribution >= 0.6 is 11.5 Å². The van der Waals surface area contributed by atoms with Gasteiger partial charge in [-0.05, 0) is 73.2 Å². The quantitative estimate of drug-likeness (QED) is 0.747. The molecule has 138 valence electrons. The summed E-state index contributed by atoms with van der Waals surface area (Å²) in [5, 5.41) is 3.18. The van der Waals surface area contributed by atoms with E-state index in [1.54, 1.807) is 12.3 Å². The standard InChI is InChI=1S/C21H21N3O2S/c25-21(23-17-13-24-10-7-14(17)8-11-24)19-5-4-18(26-19)15-2-1-3-16(12-15)20-6-9-22-27-20/h1-6,9,12,14,17H,7-8,10-11,13H2,(H,23,25)/t17-/m0/s1. The normalized spacial score (nSPS) is 24.1. The van der Waals surface area contributed by atoms with E-state index in [9.17, 15) is 4.79 Å². The van der Waals surface area contributed by atoms with Crippen molar-refractivity contribution in [3.8, 4) is 21.8 Å². The van der Waals surface area contributed by atoms with Crippen LogP contribution in [-0.2, 0) is 0 Å². The molecule has 3 aliphatic heterocycles. The Balaban J connectivity index is 1.32. The largest absolute Gasteiger partial charge is 0.451 e. The van der Waals surface area contributed by atoms with Crippen LogP contribution in [0.4, 0.5) is 0 Å². The minimum absolute atomic E-state index is 0.112. The molecule has 3 fully saturated rings. The van der Waals surface area contributed by atoms with Crippen molar-refractivity contribution in [3.63, 3.8) is 0 Å². The highest BCUT2D eigenvalue weighted by atomic mass is 32.1. The van der Waals surface area contributed by atoms with Crippen molar-refractivity contribution in [1.29, 1.82) is 0 Å². The molecule has 1 atom stereocenters. The van der Waals surface area contributed by atoms with Crippen LogP contribution < -0.4 is 5.32 Å². The molecule has 1 N–H and O–H groups in total. The van der Waals surface area contributed by atoms with Gasteiger partial charge in [0.25, 0.3) is 5.91 Å². The highest BCUT2D eigenvalue weighted by Crippen LogP contribution is 2.30. The number of amides is 1. The summed E-state index contributed by atoms with van der Waals surface area (Å²) in [6.07, 6.45) is 4.16. The molecule has 3 aliphatic rings. The summed E-state index contributed by atoms with van der Waals surface area (Å²) in [5.41, 5.74) is 2.06. The van der Waals surface area contributed by atoms with Crippen molar-refractivity contribution >= 4 is 17.4 Å². The number of piperidine rings is 3. The van der Waals surface area contributed by atoms with Gasteiger partial charge in [0.15, 0.2) is 5.76 Å². The number of rotatable bonds is 4. The van der Waals surface area contributed by atoms with Crippen molar-refractivity contribution in [3.05, 3.63) is 54.4 Å². The molecular formula is C21H21N3O2S. The van der Waals surface area contributed by atoms with E-state index in [-0.39, 0.29) is 11.9 Å². The smallest absolute Gasteiger partial charge is 0.287 e. The average Bonchev–Trinajstić information content (AvgIpc) is 3.41. The third-order valence-electron chi connectivity index (χ3n) is 5.67. The molecule has 5 nitrogen and oxygen atoms in total. The highest BCUT2D eigenvalue weighted by molar-refractivity contribution is 7.09. The predicted octanol–water partition coefficient (Wildman–Crippen LogP) is 3.89. The lowest BCUT2D eigenvalue weighted by Gasteiger charge is -2.44. The number of nitrogens with one attached hydrogen (secondary N) is 1. The van der Waals surface area contributed by atoms with E-state index in [1.807, 2.05) is 24.3 Å². The number of carbonyl (C=O) groups is 1. The molecule has 6 rings (SSSR count). The SMILES string of the molecule is O=C(N[C@H]1CN2CCC1CC2)c1ccc(-c2cccc(-c3ccns3)c2)o1. The summed E-state index contributed by atoms with van der Waals surface area (Å²) in [6, 6.07) is 14.0. The molecule has 0 radical (unpaired) electrons. The van der Waals surface area contributed by atoms with Crippen LogP contribution in [0.3, 0.4) is 0 Å². The molecule has 0 saturated carbocycles. The minimum Gasteiger partial charge on any atom is -0.451 e. The maximum atomic E-state index is 12.7. The van der Waals surface area contributed by atoms with Gasteiger partial charge in [-0.3, -0.25) is 4.79 Å². The fourth-order valence-corrected chi connectivity index (χ4v) is 4.76.